The number of hydrogen-bond donors (Lipinski definition) is 0. The van der Waals surface area contributed by atoms with Crippen molar-refractivity contribution in [1.82, 2.24) is 4.90 Å². The van der Waals surface area contributed by atoms with Crippen molar-refractivity contribution in [2.45, 2.75) is 0 Å². The van der Waals surface area contributed by atoms with Crippen LogP contribution in [-0.2, 0) is 0 Å². The number of hydrogen-bond acceptors (Lipinski definition) is 3. The molecule has 0 N–H and O–H groups in total. The van der Waals surface area contributed by atoms with Crippen molar-refractivity contribution in [2.75, 3.05) is 25.6 Å². The molecule has 0 spiro atoms. The Bertz CT molecular complexity index is 709. The molecule has 24 heavy (non-hydrogen) atoms. The molecule has 0 radical (unpaired) electrons. The number of rotatable bonds is 5. The van der Waals surface area contributed by atoms with E-state index in [1.54, 1.807) is 68.7 Å². The minimum absolute atomic E-state index is 0.381. The van der Waals surface area contributed by atoms with Crippen LogP contribution in [0.5, 0.6) is 5.75 Å². The third-order valence-corrected chi connectivity index (χ3v) is 3.26. The van der Waals surface area contributed by atoms with Crippen LogP contribution >= 0.6 is 0 Å². The monoisotopic (exact) mass is 324 g/mol. The number of nitrogens with zero attached hydrogens (tertiary/aromatic N) is 2. The van der Waals surface area contributed by atoms with Crippen LogP contribution in [0, 0.1) is 0 Å². The molecule has 2 aromatic rings. The topological polar surface area (TPSA) is 49.9 Å². The molecule has 0 unspecified atom stereocenters. The molecule has 0 aromatic heterocycles. The van der Waals surface area contributed by atoms with Gasteiger partial charge in [0.05, 0.1) is 5.69 Å². The van der Waals surface area contributed by atoms with Gasteiger partial charge in [0, 0.05) is 19.7 Å². The largest absolute Gasteiger partial charge is 0.490 e. The Morgan fingerprint density at radius 2 is 1.67 bits per heavy atom. The van der Waals surface area contributed by atoms with Crippen molar-refractivity contribution in [3.63, 3.8) is 0 Å². The van der Waals surface area contributed by atoms with Gasteiger partial charge in [-0.2, -0.15) is 0 Å². The minimum atomic E-state index is -0.413. The molecule has 0 fully saturated rings. The lowest BCUT2D eigenvalue weighted by atomic mass is 10.2. The molecule has 0 saturated heterocycles. The van der Waals surface area contributed by atoms with Crippen LogP contribution in [0.15, 0.2) is 67.3 Å². The van der Waals surface area contributed by atoms with Crippen LogP contribution < -0.4 is 9.64 Å². The molecule has 0 heterocycles. The lowest BCUT2D eigenvalue weighted by molar-refractivity contribution is 0.0989. The van der Waals surface area contributed by atoms with E-state index in [0.717, 1.165) is 4.90 Å². The molecule has 0 saturated carbocycles. The number of ether oxygens (including phenoxy) is 1. The number of carbonyl (C=O) groups is 2. The van der Waals surface area contributed by atoms with E-state index >= 15 is 0 Å². The molecular formula is C19H20N2O3. The van der Waals surface area contributed by atoms with E-state index in [4.69, 9.17) is 4.74 Å². The Hall–Kier alpha value is -3.08. The molecule has 5 heteroatoms. The maximum Gasteiger partial charge on any atom is 0.331 e. The fourth-order valence-corrected chi connectivity index (χ4v) is 2.07. The highest BCUT2D eigenvalue weighted by molar-refractivity contribution is 6.20. The van der Waals surface area contributed by atoms with Gasteiger partial charge in [-0.3, -0.25) is 4.79 Å². The van der Waals surface area contributed by atoms with E-state index in [9.17, 15) is 9.59 Å². The van der Waals surface area contributed by atoms with Gasteiger partial charge in [0.25, 0.3) is 5.91 Å². The van der Waals surface area contributed by atoms with Crippen molar-refractivity contribution in [3.8, 4) is 5.75 Å². The van der Waals surface area contributed by atoms with Crippen LogP contribution in [0.4, 0.5) is 10.5 Å². The Morgan fingerprint density at radius 1 is 1.04 bits per heavy atom. The number of urea groups is 1. The highest BCUT2D eigenvalue weighted by atomic mass is 16.5. The third kappa shape index (κ3) is 4.01. The third-order valence-electron chi connectivity index (χ3n) is 3.26. The van der Waals surface area contributed by atoms with Crippen LogP contribution in [-0.4, -0.2) is 37.5 Å². The first-order valence-electron chi connectivity index (χ1n) is 7.49. The zero-order chi connectivity index (χ0) is 17.5. The number of anilines is 1. The highest BCUT2D eigenvalue weighted by Crippen LogP contribution is 2.22. The summed E-state index contributed by atoms with van der Waals surface area (Å²) >= 11 is 0. The minimum Gasteiger partial charge on any atom is -0.490 e. The van der Waals surface area contributed by atoms with Gasteiger partial charge in [-0.05, 0) is 36.4 Å². The fraction of sp³-hybridized carbons (Fsp3) is 0.158. The molecule has 0 bridgehead atoms. The average molecular weight is 324 g/mol. The predicted molar refractivity (Wildman–Crippen MR) is 94.5 cm³/mol. The maximum absolute atomic E-state index is 12.8. The molecule has 5 nitrogen and oxygen atoms in total. The lowest BCUT2D eigenvalue weighted by Gasteiger charge is -2.24. The predicted octanol–water partition coefficient (Wildman–Crippen LogP) is 3.58. The van der Waals surface area contributed by atoms with Crippen molar-refractivity contribution >= 4 is 17.6 Å². The Kier molecular flexibility index (Phi) is 5.73. The Balaban J connectivity index is 2.34. The average Bonchev–Trinajstić information content (AvgIpc) is 2.61. The van der Waals surface area contributed by atoms with E-state index in [-0.39, 0.29) is 5.91 Å². The van der Waals surface area contributed by atoms with Gasteiger partial charge in [0.15, 0.2) is 0 Å². The van der Waals surface area contributed by atoms with Crippen LogP contribution in [0.25, 0.3) is 0 Å². The van der Waals surface area contributed by atoms with Gasteiger partial charge >= 0.3 is 6.03 Å². The molecule has 0 aliphatic heterocycles. The summed E-state index contributed by atoms with van der Waals surface area (Å²) < 4.78 is 5.43. The molecule has 0 aliphatic rings. The van der Waals surface area contributed by atoms with E-state index in [0.29, 0.717) is 23.6 Å². The van der Waals surface area contributed by atoms with E-state index in [2.05, 4.69) is 6.58 Å². The van der Waals surface area contributed by atoms with Crippen molar-refractivity contribution in [2.24, 2.45) is 0 Å². The Labute approximate surface area is 141 Å². The standard InChI is InChI=1S/C19H20N2O3/c1-4-14-24-17-12-10-16(11-13-17)21(19(23)20(2)3)18(22)15-8-6-5-7-9-15/h4-13H,1,14H2,2-3H3. The normalized spacial score (nSPS) is 9.92. The molecule has 2 aromatic carbocycles. The second-order valence-electron chi connectivity index (χ2n) is 5.28. The zero-order valence-corrected chi connectivity index (χ0v) is 13.8. The molecule has 124 valence electrons. The second kappa shape index (κ2) is 7.97. The van der Waals surface area contributed by atoms with Crippen molar-refractivity contribution in [3.05, 3.63) is 72.8 Å². The Morgan fingerprint density at radius 3 is 2.21 bits per heavy atom. The summed E-state index contributed by atoms with van der Waals surface area (Å²) in [5.41, 5.74) is 0.924. The van der Waals surface area contributed by atoms with Crippen LogP contribution in [0.1, 0.15) is 10.4 Å². The van der Waals surface area contributed by atoms with Gasteiger partial charge in [0.1, 0.15) is 12.4 Å². The smallest absolute Gasteiger partial charge is 0.331 e. The van der Waals surface area contributed by atoms with Crippen LogP contribution in [0.2, 0.25) is 0 Å². The number of amides is 3. The molecule has 3 amide bonds. The summed E-state index contributed by atoms with van der Waals surface area (Å²) in [4.78, 5) is 27.8. The second-order valence-corrected chi connectivity index (χ2v) is 5.28. The van der Waals surface area contributed by atoms with Crippen molar-refractivity contribution < 1.29 is 14.3 Å². The quantitative estimate of drug-likeness (QED) is 0.790. The first kappa shape index (κ1) is 17.3. The molecule has 0 atom stereocenters. The number of imide groups is 1. The van der Waals surface area contributed by atoms with Gasteiger partial charge in [0.2, 0.25) is 0 Å². The zero-order valence-electron chi connectivity index (χ0n) is 13.8. The van der Waals surface area contributed by atoms with Gasteiger partial charge in [-0.1, -0.05) is 30.9 Å². The maximum atomic E-state index is 12.8. The lowest BCUT2D eigenvalue weighted by Crippen LogP contribution is -2.43. The summed E-state index contributed by atoms with van der Waals surface area (Å²) in [5.74, 6) is 0.261. The number of benzene rings is 2. The van der Waals surface area contributed by atoms with Gasteiger partial charge in [-0.15, -0.1) is 0 Å². The SMILES string of the molecule is C=CCOc1ccc(N(C(=O)c2ccccc2)C(=O)N(C)C)cc1. The van der Waals surface area contributed by atoms with Gasteiger partial charge in [-0.25, -0.2) is 9.69 Å². The summed E-state index contributed by atoms with van der Waals surface area (Å²) in [5, 5.41) is 0. The first-order chi connectivity index (χ1) is 11.5. The summed E-state index contributed by atoms with van der Waals surface area (Å²) in [6.45, 7) is 3.98. The first-order valence-corrected chi connectivity index (χ1v) is 7.49. The van der Waals surface area contributed by atoms with Crippen molar-refractivity contribution in [1.29, 1.82) is 0 Å². The molecular weight excluding hydrogens is 304 g/mol. The van der Waals surface area contributed by atoms with Crippen LogP contribution in [0.3, 0.4) is 0 Å². The van der Waals surface area contributed by atoms with Gasteiger partial charge < -0.3 is 9.64 Å². The van der Waals surface area contributed by atoms with E-state index < -0.39 is 6.03 Å². The molecule has 0 aliphatic carbocycles. The van der Waals surface area contributed by atoms with E-state index in [1.807, 2.05) is 6.07 Å². The molecule has 2 rings (SSSR count). The fourth-order valence-electron chi connectivity index (χ4n) is 2.07. The summed E-state index contributed by atoms with van der Waals surface area (Å²) in [6.07, 6.45) is 1.65. The summed E-state index contributed by atoms with van der Waals surface area (Å²) in [7, 11) is 3.21. The van der Waals surface area contributed by atoms with E-state index in [1.165, 1.54) is 4.90 Å². The highest BCUT2D eigenvalue weighted by Gasteiger charge is 2.26. The summed E-state index contributed by atoms with van der Waals surface area (Å²) in [6, 6.07) is 15.1. The number of carbonyl (C=O) groups excluding carboxylic acids is 2.